The van der Waals surface area contributed by atoms with Gasteiger partial charge in [-0.2, -0.15) is 0 Å². The molecule has 2 saturated heterocycles. The molecule has 2 aromatic rings. The monoisotopic (exact) mass is 382 g/mol. The van der Waals surface area contributed by atoms with Crippen LogP contribution in [0.3, 0.4) is 0 Å². The fraction of sp³-hybridized carbons (Fsp3) is 0.429. The first-order chi connectivity index (χ1) is 13.8. The lowest BCUT2D eigenvalue weighted by molar-refractivity contribution is 0.0572. The molecule has 7 nitrogen and oxygen atoms in total. The summed E-state index contributed by atoms with van der Waals surface area (Å²) in [6, 6.07) is 12.9. The van der Waals surface area contributed by atoms with Crippen LogP contribution in [-0.2, 0) is 4.74 Å². The minimum Gasteiger partial charge on any atom is -0.439 e. The molecule has 2 aliphatic heterocycles. The van der Waals surface area contributed by atoms with Crippen LogP contribution in [0.4, 0.5) is 10.5 Å². The summed E-state index contributed by atoms with van der Waals surface area (Å²) in [5.41, 5.74) is 0.674. The second kappa shape index (κ2) is 9.03. The first-order valence-electron chi connectivity index (χ1n) is 9.85. The topological polar surface area (TPSA) is 66.9 Å². The van der Waals surface area contributed by atoms with Gasteiger partial charge in [-0.3, -0.25) is 4.90 Å². The van der Waals surface area contributed by atoms with Gasteiger partial charge in [0, 0.05) is 57.3 Å². The Morgan fingerprint density at radius 2 is 2.00 bits per heavy atom. The molecule has 28 heavy (non-hydrogen) atoms. The zero-order valence-corrected chi connectivity index (χ0v) is 15.9. The van der Waals surface area contributed by atoms with Gasteiger partial charge in [0.1, 0.15) is 5.75 Å². The van der Waals surface area contributed by atoms with Gasteiger partial charge >= 0.3 is 6.03 Å². The number of hydrogen-bond acceptors (Lipinski definition) is 5. The number of nitrogens with zero attached hydrogens (tertiary/aromatic N) is 3. The number of amides is 2. The second-order valence-corrected chi connectivity index (χ2v) is 7.15. The Morgan fingerprint density at radius 3 is 2.75 bits per heavy atom. The number of benzene rings is 1. The van der Waals surface area contributed by atoms with E-state index >= 15 is 0 Å². The number of rotatable bonds is 5. The molecular weight excluding hydrogens is 356 g/mol. The Morgan fingerprint density at radius 1 is 1.18 bits per heavy atom. The predicted molar refractivity (Wildman–Crippen MR) is 107 cm³/mol. The van der Waals surface area contributed by atoms with Crippen molar-refractivity contribution in [2.24, 2.45) is 0 Å². The minimum absolute atomic E-state index is 0.0892. The smallest absolute Gasteiger partial charge is 0.321 e. The summed E-state index contributed by atoms with van der Waals surface area (Å²) in [6.07, 6.45) is 4.30. The van der Waals surface area contributed by atoms with Gasteiger partial charge in [-0.05, 0) is 31.0 Å². The summed E-state index contributed by atoms with van der Waals surface area (Å²) >= 11 is 0. The van der Waals surface area contributed by atoms with E-state index in [1.165, 1.54) is 0 Å². The lowest BCUT2D eigenvalue weighted by Crippen LogP contribution is -2.51. The minimum atomic E-state index is -0.0892. The van der Waals surface area contributed by atoms with Crippen molar-refractivity contribution in [2.75, 3.05) is 44.6 Å². The highest BCUT2D eigenvalue weighted by Gasteiger charge is 2.25. The SMILES string of the molecule is O=C(Nc1ccnc(Oc2ccccc2)c1)N1CCN(CC2CCCO2)CC1. The standard InChI is InChI=1S/C21H26N4O3/c26-21(25-12-10-24(11-13-25)16-19-7-4-14-27-19)23-17-8-9-22-20(15-17)28-18-5-2-1-3-6-18/h1-3,5-6,8-9,15,19H,4,7,10-14,16H2,(H,22,23,26). The van der Waals surface area contributed by atoms with Gasteiger partial charge in [0.25, 0.3) is 0 Å². The first-order valence-corrected chi connectivity index (χ1v) is 9.85. The molecule has 0 saturated carbocycles. The van der Waals surface area contributed by atoms with E-state index in [9.17, 15) is 4.79 Å². The Bertz CT molecular complexity index is 772. The predicted octanol–water partition coefficient (Wildman–Crippen LogP) is 3.20. The number of aromatic nitrogens is 1. The molecular formula is C21H26N4O3. The van der Waals surface area contributed by atoms with E-state index in [1.807, 2.05) is 35.2 Å². The highest BCUT2D eigenvalue weighted by atomic mass is 16.5. The van der Waals surface area contributed by atoms with Crippen LogP contribution in [0, 0.1) is 0 Å². The normalized spacial score (nSPS) is 20.1. The zero-order valence-electron chi connectivity index (χ0n) is 15.9. The summed E-state index contributed by atoms with van der Waals surface area (Å²) in [7, 11) is 0. The fourth-order valence-corrected chi connectivity index (χ4v) is 3.56. The molecule has 0 radical (unpaired) electrons. The molecule has 0 bridgehead atoms. The number of nitrogens with one attached hydrogen (secondary N) is 1. The van der Waals surface area contributed by atoms with E-state index in [2.05, 4.69) is 15.2 Å². The maximum Gasteiger partial charge on any atom is 0.321 e. The van der Waals surface area contributed by atoms with Gasteiger partial charge in [0.15, 0.2) is 0 Å². The average Bonchev–Trinajstić information content (AvgIpc) is 3.23. The van der Waals surface area contributed by atoms with Crippen molar-refractivity contribution in [2.45, 2.75) is 18.9 Å². The number of anilines is 1. The van der Waals surface area contributed by atoms with Crippen molar-refractivity contribution in [3.63, 3.8) is 0 Å². The molecule has 148 valence electrons. The van der Waals surface area contributed by atoms with Crippen molar-refractivity contribution in [3.05, 3.63) is 48.7 Å². The van der Waals surface area contributed by atoms with Gasteiger partial charge in [-0.25, -0.2) is 9.78 Å². The Balaban J connectivity index is 1.27. The van der Waals surface area contributed by atoms with Crippen molar-refractivity contribution >= 4 is 11.7 Å². The third-order valence-electron chi connectivity index (χ3n) is 5.10. The molecule has 2 aliphatic rings. The summed E-state index contributed by atoms with van der Waals surface area (Å²) in [6.45, 7) is 5.06. The van der Waals surface area contributed by atoms with E-state index in [0.29, 0.717) is 23.4 Å². The summed E-state index contributed by atoms with van der Waals surface area (Å²) in [5.74, 6) is 1.16. The van der Waals surface area contributed by atoms with Crippen LogP contribution < -0.4 is 10.1 Å². The molecule has 2 fully saturated rings. The van der Waals surface area contributed by atoms with Gasteiger partial charge in [-0.1, -0.05) is 18.2 Å². The lowest BCUT2D eigenvalue weighted by atomic mass is 10.2. The van der Waals surface area contributed by atoms with E-state index < -0.39 is 0 Å². The molecule has 7 heteroatoms. The van der Waals surface area contributed by atoms with Crippen molar-refractivity contribution in [3.8, 4) is 11.6 Å². The largest absolute Gasteiger partial charge is 0.439 e. The first kappa shape index (κ1) is 18.7. The number of para-hydroxylation sites is 1. The van der Waals surface area contributed by atoms with Crippen LogP contribution in [0.15, 0.2) is 48.7 Å². The fourth-order valence-electron chi connectivity index (χ4n) is 3.56. The third kappa shape index (κ3) is 4.99. The summed E-state index contributed by atoms with van der Waals surface area (Å²) in [4.78, 5) is 21.0. The lowest BCUT2D eigenvalue weighted by Gasteiger charge is -2.35. The molecule has 3 heterocycles. The molecule has 4 rings (SSSR count). The maximum atomic E-state index is 12.6. The molecule has 0 spiro atoms. The molecule has 2 amide bonds. The van der Waals surface area contributed by atoms with E-state index in [-0.39, 0.29) is 6.03 Å². The Kier molecular flexibility index (Phi) is 6.04. The number of pyridine rings is 1. The van der Waals surface area contributed by atoms with Gasteiger partial charge in [0.2, 0.25) is 5.88 Å². The van der Waals surface area contributed by atoms with Gasteiger partial charge in [0.05, 0.1) is 6.10 Å². The highest BCUT2D eigenvalue weighted by Crippen LogP contribution is 2.22. The molecule has 1 aromatic carbocycles. The van der Waals surface area contributed by atoms with Crippen molar-refractivity contribution < 1.29 is 14.3 Å². The van der Waals surface area contributed by atoms with Crippen LogP contribution >= 0.6 is 0 Å². The molecule has 1 atom stereocenters. The van der Waals surface area contributed by atoms with Crippen LogP contribution in [0.5, 0.6) is 11.6 Å². The highest BCUT2D eigenvalue weighted by molar-refractivity contribution is 5.89. The summed E-state index contributed by atoms with van der Waals surface area (Å²) in [5, 5.41) is 2.95. The second-order valence-electron chi connectivity index (χ2n) is 7.15. The van der Waals surface area contributed by atoms with Crippen LogP contribution in [0.1, 0.15) is 12.8 Å². The average molecular weight is 382 g/mol. The van der Waals surface area contributed by atoms with Crippen molar-refractivity contribution in [1.82, 2.24) is 14.8 Å². The number of carbonyl (C=O) groups excluding carboxylic acids is 1. The van der Waals surface area contributed by atoms with Crippen molar-refractivity contribution in [1.29, 1.82) is 0 Å². The van der Waals surface area contributed by atoms with E-state index in [1.54, 1.807) is 18.3 Å². The Labute approximate surface area is 165 Å². The molecule has 1 aromatic heterocycles. The van der Waals surface area contributed by atoms with Crippen LogP contribution in [0.2, 0.25) is 0 Å². The van der Waals surface area contributed by atoms with E-state index in [0.717, 1.165) is 52.2 Å². The quantitative estimate of drug-likeness (QED) is 0.860. The van der Waals surface area contributed by atoms with Gasteiger partial charge < -0.3 is 19.7 Å². The van der Waals surface area contributed by atoms with Crippen LogP contribution in [0.25, 0.3) is 0 Å². The number of piperazine rings is 1. The third-order valence-corrected chi connectivity index (χ3v) is 5.10. The molecule has 1 unspecified atom stereocenters. The zero-order chi connectivity index (χ0) is 19.2. The summed E-state index contributed by atoms with van der Waals surface area (Å²) < 4.78 is 11.4. The number of urea groups is 1. The van der Waals surface area contributed by atoms with Gasteiger partial charge in [-0.15, -0.1) is 0 Å². The number of ether oxygens (including phenoxy) is 2. The number of carbonyl (C=O) groups is 1. The number of hydrogen-bond donors (Lipinski definition) is 1. The maximum absolute atomic E-state index is 12.6. The van der Waals surface area contributed by atoms with Crippen LogP contribution in [-0.4, -0.2) is 66.2 Å². The molecule has 0 aliphatic carbocycles. The Hall–Kier alpha value is -2.64. The van der Waals surface area contributed by atoms with E-state index in [4.69, 9.17) is 9.47 Å². The molecule has 1 N–H and O–H groups in total.